The number of nitrogens with zero attached hydrogens (tertiary/aromatic N) is 4. The number of nitrogens with one attached hydrogen (secondary N) is 1. The number of hydrogen-bond acceptors (Lipinski definition) is 5. The molecule has 0 radical (unpaired) electrons. The molecule has 0 saturated carbocycles. The van der Waals surface area contributed by atoms with Gasteiger partial charge in [0.05, 0.1) is 22.0 Å². The summed E-state index contributed by atoms with van der Waals surface area (Å²) in [6, 6.07) is 17.7. The Kier molecular flexibility index (Phi) is 5.85. The Bertz CT molecular complexity index is 1250. The first kappa shape index (κ1) is 21.0. The summed E-state index contributed by atoms with van der Waals surface area (Å²) < 4.78 is 3.00. The van der Waals surface area contributed by atoms with Gasteiger partial charge in [-0.1, -0.05) is 59.3 Å². The fraction of sp³-hybridized carbons (Fsp3) is 0.292. The summed E-state index contributed by atoms with van der Waals surface area (Å²) >= 11 is 7.88. The normalized spacial score (nSPS) is 16.4. The third-order valence-corrected chi connectivity index (χ3v) is 7.43. The Hall–Kier alpha value is -2.90. The van der Waals surface area contributed by atoms with Crippen LogP contribution in [-0.4, -0.2) is 33.8 Å². The maximum atomic E-state index is 12.9. The van der Waals surface area contributed by atoms with Crippen molar-refractivity contribution in [3.8, 4) is 5.69 Å². The van der Waals surface area contributed by atoms with Crippen molar-refractivity contribution in [1.82, 2.24) is 20.1 Å². The second kappa shape index (κ2) is 8.92. The second-order valence-corrected chi connectivity index (χ2v) is 9.46. The third kappa shape index (κ3) is 4.10. The smallest absolute Gasteiger partial charge is 0.225 e. The molecule has 1 N–H and O–H groups in total. The average molecular weight is 466 g/mol. The molecule has 32 heavy (non-hydrogen) atoms. The molecule has 1 amide bonds. The summed E-state index contributed by atoms with van der Waals surface area (Å²) in [5.41, 5.74) is 3.78. The number of para-hydroxylation sites is 1. The number of rotatable bonds is 5. The van der Waals surface area contributed by atoms with Gasteiger partial charge in [-0.25, -0.2) is 4.68 Å². The van der Waals surface area contributed by atoms with Gasteiger partial charge in [-0.05, 0) is 43.5 Å². The van der Waals surface area contributed by atoms with Crippen LogP contribution in [0, 0.1) is 12.8 Å². The van der Waals surface area contributed by atoms with E-state index in [-0.39, 0.29) is 11.8 Å². The van der Waals surface area contributed by atoms with Gasteiger partial charge in [0.25, 0.3) is 0 Å². The molecule has 6 nitrogen and oxygen atoms in total. The van der Waals surface area contributed by atoms with Crippen LogP contribution in [0.1, 0.15) is 24.1 Å². The number of thiazole rings is 1. The molecule has 0 bridgehead atoms. The molecule has 0 aliphatic carbocycles. The molecule has 1 aliphatic heterocycles. The number of carbonyl (C=O) groups excluding carboxylic acids is 1. The molecule has 1 saturated heterocycles. The van der Waals surface area contributed by atoms with Crippen LogP contribution in [0.15, 0.2) is 54.6 Å². The predicted octanol–water partition coefficient (Wildman–Crippen LogP) is 4.98. The highest BCUT2D eigenvalue weighted by Crippen LogP contribution is 2.34. The first-order valence-corrected chi connectivity index (χ1v) is 12.0. The number of carbonyl (C=O) groups is 1. The number of anilines is 1. The summed E-state index contributed by atoms with van der Waals surface area (Å²) in [7, 11) is 0. The van der Waals surface area contributed by atoms with Crippen molar-refractivity contribution < 1.29 is 4.79 Å². The average Bonchev–Trinajstić information content (AvgIpc) is 3.40. The van der Waals surface area contributed by atoms with E-state index in [1.165, 1.54) is 0 Å². The Labute approximate surface area is 195 Å². The number of hydrogen-bond donors (Lipinski definition) is 1. The standard InChI is InChI=1S/C24H24ClN5OS/c1-16-21-22(30(28-16)19-10-3-2-4-11-19)27-24(32-21)29-13-7-9-18(15-29)23(31)26-14-17-8-5-6-12-20(17)25/h2-6,8,10-12,18H,7,9,13-15H2,1H3,(H,26,31)/t18-/m1/s1. The quantitative estimate of drug-likeness (QED) is 0.451. The van der Waals surface area contributed by atoms with Crippen molar-refractivity contribution >= 4 is 44.3 Å². The summed E-state index contributed by atoms with van der Waals surface area (Å²) in [6.45, 7) is 4.04. The molecule has 1 atom stereocenters. The molecule has 4 aromatic rings. The van der Waals surface area contributed by atoms with Gasteiger partial charge in [0.2, 0.25) is 5.91 Å². The van der Waals surface area contributed by atoms with Crippen LogP contribution in [0.2, 0.25) is 5.02 Å². The number of aromatic nitrogens is 3. The van der Waals surface area contributed by atoms with Gasteiger partial charge in [0, 0.05) is 24.7 Å². The number of fused-ring (bicyclic) bond motifs is 1. The minimum absolute atomic E-state index is 0.0648. The second-order valence-electron chi connectivity index (χ2n) is 8.08. The van der Waals surface area contributed by atoms with E-state index in [0.717, 1.165) is 51.8 Å². The van der Waals surface area contributed by atoms with Crippen molar-refractivity contribution in [3.05, 3.63) is 70.9 Å². The first-order valence-electron chi connectivity index (χ1n) is 10.8. The Morgan fingerprint density at radius 2 is 1.97 bits per heavy atom. The van der Waals surface area contributed by atoms with Crippen LogP contribution in [0.4, 0.5) is 5.13 Å². The van der Waals surface area contributed by atoms with E-state index in [0.29, 0.717) is 18.1 Å². The SMILES string of the molecule is Cc1nn(-c2ccccc2)c2nc(N3CCC[C@@H](C(=O)NCc4ccccc4Cl)C3)sc12. The largest absolute Gasteiger partial charge is 0.352 e. The topological polar surface area (TPSA) is 63.1 Å². The van der Waals surface area contributed by atoms with Gasteiger partial charge in [-0.15, -0.1) is 0 Å². The maximum Gasteiger partial charge on any atom is 0.225 e. The highest BCUT2D eigenvalue weighted by atomic mass is 35.5. The number of piperidine rings is 1. The van der Waals surface area contributed by atoms with Crippen molar-refractivity contribution in [2.75, 3.05) is 18.0 Å². The number of amides is 1. The monoisotopic (exact) mass is 465 g/mol. The van der Waals surface area contributed by atoms with Crippen molar-refractivity contribution in [2.45, 2.75) is 26.3 Å². The van der Waals surface area contributed by atoms with E-state index >= 15 is 0 Å². The lowest BCUT2D eigenvalue weighted by molar-refractivity contribution is -0.125. The van der Waals surface area contributed by atoms with E-state index in [1.807, 2.05) is 66.2 Å². The van der Waals surface area contributed by atoms with E-state index in [9.17, 15) is 4.79 Å². The molecule has 2 aromatic heterocycles. The lowest BCUT2D eigenvalue weighted by Gasteiger charge is -2.31. The van der Waals surface area contributed by atoms with Gasteiger partial charge in [0.1, 0.15) is 0 Å². The fourth-order valence-electron chi connectivity index (χ4n) is 4.14. The highest BCUT2D eigenvalue weighted by Gasteiger charge is 2.28. The Morgan fingerprint density at radius 1 is 1.19 bits per heavy atom. The van der Waals surface area contributed by atoms with Crippen LogP contribution in [0.25, 0.3) is 16.0 Å². The Balaban J connectivity index is 1.32. The number of aryl methyl sites for hydroxylation is 1. The van der Waals surface area contributed by atoms with E-state index in [2.05, 4.69) is 15.3 Å². The molecule has 1 aliphatic rings. The van der Waals surface area contributed by atoms with Gasteiger partial charge in [-0.2, -0.15) is 10.1 Å². The van der Waals surface area contributed by atoms with E-state index in [1.54, 1.807) is 11.3 Å². The zero-order valence-corrected chi connectivity index (χ0v) is 19.4. The van der Waals surface area contributed by atoms with E-state index in [4.69, 9.17) is 16.6 Å². The molecular formula is C24H24ClN5OS. The molecule has 3 heterocycles. The zero-order chi connectivity index (χ0) is 22.1. The van der Waals surface area contributed by atoms with Gasteiger partial charge < -0.3 is 10.2 Å². The summed E-state index contributed by atoms with van der Waals surface area (Å²) in [5, 5.41) is 9.37. The van der Waals surface area contributed by atoms with Gasteiger partial charge in [-0.3, -0.25) is 4.79 Å². The summed E-state index contributed by atoms with van der Waals surface area (Å²) in [4.78, 5) is 20.0. The van der Waals surface area contributed by atoms with Crippen molar-refractivity contribution in [2.24, 2.45) is 5.92 Å². The zero-order valence-electron chi connectivity index (χ0n) is 17.8. The molecule has 1 fully saturated rings. The molecule has 8 heteroatoms. The van der Waals surface area contributed by atoms with Crippen LogP contribution in [0.3, 0.4) is 0 Å². The molecule has 0 unspecified atom stereocenters. The molecular weight excluding hydrogens is 442 g/mol. The first-order chi connectivity index (χ1) is 15.6. The van der Waals surface area contributed by atoms with Crippen LogP contribution < -0.4 is 10.2 Å². The molecule has 0 spiro atoms. The highest BCUT2D eigenvalue weighted by molar-refractivity contribution is 7.22. The van der Waals surface area contributed by atoms with E-state index < -0.39 is 0 Å². The van der Waals surface area contributed by atoms with Gasteiger partial charge in [0.15, 0.2) is 10.8 Å². The van der Waals surface area contributed by atoms with Crippen molar-refractivity contribution in [3.63, 3.8) is 0 Å². The van der Waals surface area contributed by atoms with Crippen LogP contribution >= 0.6 is 22.9 Å². The maximum absolute atomic E-state index is 12.9. The lowest BCUT2D eigenvalue weighted by Crippen LogP contribution is -2.43. The van der Waals surface area contributed by atoms with Crippen LogP contribution in [-0.2, 0) is 11.3 Å². The summed E-state index contributed by atoms with van der Waals surface area (Å²) in [6.07, 6.45) is 1.84. The third-order valence-electron chi connectivity index (χ3n) is 5.85. The summed E-state index contributed by atoms with van der Waals surface area (Å²) in [5.74, 6) is 0.00680. The number of benzene rings is 2. The lowest BCUT2D eigenvalue weighted by atomic mass is 9.97. The minimum atomic E-state index is -0.0648. The fourth-order valence-corrected chi connectivity index (χ4v) is 5.36. The number of halogens is 1. The van der Waals surface area contributed by atoms with Crippen molar-refractivity contribution in [1.29, 1.82) is 0 Å². The molecule has 2 aromatic carbocycles. The van der Waals surface area contributed by atoms with Crippen LogP contribution in [0.5, 0.6) is 0 Å². The minimum Gasteiger partial charge on any atom is -0.352 e. The molecule has 164 valence electrons. The molecule has 5 rings (SSSR count). The van der Waals surface area contributed by atoms with Gasteiger partial charge >= 0.3 is 0 Å². The Morgan fingerprint density at radius 3 is 2.78 bits per heavy atom. The predicted molar refractivity (Wildman–Crippen MR) is 130 cm³/mol.